The molecule has 0 aliphatic carbocycles. The summed E-state index contributed by atoms with van der Waals surface area (Å²) in [5.74, 6) is 0.938. The van der Waals surface area contributed by atoms with E-state index in [1.165, 1.54) is 23.7 Å². The molecule has 1 amide bonds. The number of hydrogen-bond donors (Lipinski definition) is 1. The lowest BCUT2D eigenvalue weighted by Gasteiger charge is -2.18. The molecule has 33 heavy (non-hydrogen) atoms. The maximum absolute atomic E-state index is 11.7. The highest BCUT2D eigenvalue weighted by Gasteiger charge is 2.16. The number of hydrogen-bond acceptors (Lipinski definition) is 8. The molecule has 10 heteroatoms. The van der Waals surface area contributed by atoms with E-state index >= 15 is 0 Å². The summed E-state index contributed by atoms with van der Waals surface area (Å²) in [6, 6.07) is 15.3. The maximum Gasteiger partial charge on any atom is 0.247 e. The molecule has 8 nitrogen and oxygen atoms in total. The van der Waals surface area contributed by atoms with E-state index in [4.69, 9.17) is 4.74 Å². The van der Waals surface area contributed by atoms with Crippen LogP contribution in [0.2, 0.25) is 0 Å². The summed E-state index contributed by atoms with van der Waals surface area (Å²) in [4.78, 5) is 22.8. The lowest BCUT2D eigenvalue weighted by Crippen LogP contribution is -2.13. The summed E-state index contributed by atoms with van der Waals surface area (Å²) < 4.78 is 30.3. The SMILES string of the molecule is C=CC(=O)Nc1cccc(Oc2nc(N(C)c3ccc(S(C)(=O)=O)cc3)nc3ccsc23)c1. The second-order valence-corrected chi connectivity index (χ2v) is 10.0. The lowest BCUT2D eigenvalue weighted by atomic mass is 10.3. The number of carbonyl (C=O) groups is 1. The topological polar surface area (TPSA) is 101 Å². The van der Waals surface area contributed by atoms with Crippen molar-refractivity contribution < 1.29 is 17.9 Å². The zero-order valence-electron chi connectivity index (χ0n) is 17.8. The van der Waals surface area contributed by atoms with Gasteiger partial charge in [-0.25, -0.2) is 13.4 Å². The second kappa shape index (κ2) is 9.00. The van der Waals surface area contributed by atoms with Crippen LogP contribution in [-0.4, -0.2) is 37.6 Å². The molecular weight excluding hydrogens is 460 g/mol. The highest BCUT2D eigenvalue weighted by atomic mass is 32.2. The van der Waals surface area contributed by atoms with Crippen LogP contribution in [0.1, 0.15) is 0 Å². The van der Waals surface area contributed by atoms with Gasteiger partial charge in [0, 0.05) is 30.7 Å². The molecule has 2 aromatic heterocycles. The van der Waals surface area contributed by atoms with Crippen molar-refractivity contribution >= 4 is 54.6 Å². The highest BCUT2D eigenvalue weighted by molar-refractivity contribution is 7.90. The maximum atomic E-state index is 11.7. The van der Waals surface area contributed by atoms with Crippen molar-refractivity contribution in [2.24, 2.45) is 0 Å². The lowest BCUT2D eigenvalue weighted by molar-refractivity contribution is -0.111. The highest BCUT2D eigenvalue weighted by Crippen LogP contribution is 2.35. The molecule has 0 spiro atoms. The molecule has 4 aromatic rings. The Hall–Kier alpha value is -3.76. The monoisotopic (exact) mass is 480 g/mol. The minimum atomic E-state index is -3.29. The molecule has 0 aliphatic heterocycles. The van der Waals surface area contributed by atoms with Crippen LogP contribution in [0.15, 0.2) is 77.5 Å². The van der Waals surface area contributed by atoms with Crippen LogP contribution in [0.3, 0.4) is 0 Å². The second-order valence-electron chi connectivity index (χ2n) is 7.11. The summed E-state index contributed by atoms with van der Waals surface area (Å²) in [6.07, 6.45) is 2.36. The van der Waals surface area contributed by atoms with Crippen LogP contribution in [0.5, 0.6) is 11.6 Å². The van der Waals surface area contributed by atoms with Crippen molar-refractivity contribution in [2.75, 3.05) is 23.5 Å². The Morgan fingerprint density at radius 3 is 2.61 bits per heavy atom. The van der Waals surface area contributed by atoms with Gasteiger partial charge in [-0.15, -0.1) is 11.3 Å². The van der Waals surface area contributed by atoms with E-state index in [0.717, 1.165) is 15.9 Å². The standard InChI is InChI=1S/C23H20N4O4S2/c1-4-20(28)24-15-6-5-7-17(14-15)31-22-21-19(12-13-32-21)25-23(26-22)27(2)16-8-10-18(11-9-16)33(3,29)30/h4-14H,1H2,2-3H3,(H,24,28). The Morgan fingerprint density at radius 1 is 1.15 bits per heavy atom. The van der Waals surface area contributed by atoms with Gasteiger partial charge in [0.2, 0.25) is 17.7 Å². The number of amides is 1. The third-order valence-electron chi connectivity index (χ3n) is 4.71. The van der Waals surface area contributed by atoms with Crippen LogP contribution in [0.25, 0.3) is 10.2 Å². The van der Waals surface area contributed by atoms with Gasteiger partial charge in [0.05, 0.1) is 10.4 Å². The third-order valence-corrected chi connectivity index (χ3v) is 6.73. The molecule has 1 N–H and O–H groups in total. The van der Waals surface area contributed by atoms with Crippen molar-refractivity contribution in [3.8, 4) is 11.6 Å². The minimum absolute atomic E-state index is 0.237. The van der Waals surface area contributed by atoms with Gasteiger partial charge in [-0.1, -0.05) is 12.6 Å². The summed E-state index contributed by atoms with van der Waals surface area (Å²) in [7, 11) is -1.50. The van der Waals surface area contributed by atoms with E-state index in [1.807, 2.05) is 11.4 Å². The molecule has 0 fully saturated rings. The minimum Gasteiger partial charge on any atom is -0.437 e. The number of nitrogens with one attached hydrogen (secondary N) is 1. The Balaban J connectivity index is 1.67. The number of anilines is 3. The van der Waals surface area contributed by atoms with Crippen LogP contribution in [-0.2, 0) is 14.6 Å². The first-order chi connectivity index (χ1) is 15.7. The van der Waals surface area contributed by atoms with Gasteiger partial charge >= 0.3 is 0 Å². The molecule has 0 radical (unpaired) electrons. The number of aromatic nitrogens is 2. The van der Waals surface area contributed by atoms with Gasteiger partial charge in [-0.05, 0) is 53.9 Å². The molecule has 0 unspecified atom stereocenters. The van der Waals surface area contributed by atoms with E-state index < -0.39 is 9.84 Å². The summed E-state index contributed by atoms with van der Waals surface area (Å²) in [6.45, 7) is 3.45. The van der Waals surface area contributed by atoms with E-state index in [2.05, 4.69) is 21.9 Å². The van der Waals surface area contributed by atoms with E-state index in [9.17, 15) is 13.2 Å². The first-order valence-electron chi connectivity index (χ1n) is 9.75. The smallest absolute Gasteiger partial charge is 0.247 e. The Labute approximate surface area is 195 Å². The van der Waals surface area contributed by atoms with Crippen molar-refractivity contribution in [3.05, 3.63) is 72.6 Å². The molecule has 2 heterocycles. The van der Waals surface area contributed by atoms with E-state index in [1.54, 1.807) is 60.5 Å². The van der Waals surface area contributed by atoms with Crippen molar-refractivity contribution in [1.29, 1.82) is 0 Å². The van der Waals surface area contributed by atoms with Crippen molar-refractivity contribution in [3.63, 3.8) is 0 Å². The molecule has 0 bridgehead atoms. The normalized spacial score (nSPS) is 11.2. The molecule has 0 aliphatic rings. The number of rotatable bonds is 7. The van der Waals surface area contributed by atoms with Gasteiger partial charge in [-0.3, -0.25) is 4.79 Å². The fourth-order valence-corrected chi connectivity index (χ4v) is 4.40. The molecule has 168 valence electrons. The Kier molecular flexibility index (Phi) is 6.12. The van der Waals surface area contributed by atoms with E-state index in [0.29, 0.717) is 23.3 Å². The first kappa shape index (κ1) is 22.4. The predicted molar refractivity (Wildman–Crippen MR) is 130 cm³/mol. The molecule has 0 saturated carbocycles. The summed E-state index contributed by atoms with van der Waals surface area (Å²) >= 11 is 1.45. The van der Waals surface area contributed by atoms with Gasteiger partial charge < -0.3 is 15.0 Å². The fraction of sp³-hybridized carbons (Fsp3) is 0.0870. The van der Waals surface area contributed by atoms with Gasteiger partial charge in [0.25, 0.3) is 0 Å². The van der Waals surface area contributed by atoms with Crippen LogP contribution >= 0.6 is 11.3 Å². The number of sulfone groups is 1. The summed E-state index contributed by atoms with van der Waals surface area (Å²) in [5.41, 5.74) is 2.00. The largest absolute Gasteiger partial charge is 0.437 e. The zero-order valence-corrected chi connectivity index (χ0v) is 19.5. The molecule has 0 saturated heterocycles. The van der Waals surface area contributed by atoms with Crippen molar-refractivity contribution in [2.45, 2.75) is 4.90 Å². The molecule has 2 aromatic carbocycles. The molecule has 0 atom stereocenters. The zero-order chi connectivity index (χ0) is 23.6. The number of ether oxygens (including phenoxy) is 1. The summed E-state index contributed by atoms with van der Waals surface area (Å²) in [5, 5.41) is 4.60. The Bertz CT molecular complexity index is 1450. The van der Waals surface area contributed by atoms with Gasteiger partial charge in [0.15, 0.2) is 9.84 Å². The number of nitrogens with zero attached hydrogens (tertiary/aromatic N) is 3. The average Bonchev–Trinajstić information content (AvgIpc) is 3.27. The number of benzene rings is 2. The van der Waals surface area contributed by atoms with Crippen LogP contribution in [0, 0.1) is 0 Å². The van der Waals surface area contributed by atoms with Crippen molar-refractivity contribution in [1.82, 2.24) is 9.97 Å². The molecular formula is C23H20N4O4S2. The predicted octanol–water partition coefficient (Wildman–Crippen LogP) is 4.78. The number of carbonyl (C=O) groups excluding carboxylic acids is 1. The number of thiophene rings is 1. The third kappa shape index (κ3) is 5.02. The first-order valence-corrected chi connectivity index (χ1v) is 12.5. The van der Waals surface area contributed by atoms with Crippen LogP contribution < -0.4 is 15.0 Å². The fourth-order valence-electron chi connectivity index (χ4n) is 3.02. The van der Waals surface area contributed by atoms with Crippen LogP contribution in [0.4, 0.5) is 17.3 Å². The Morgan fingerprint density at radius 2 is 1.91 bits per heavy atom. The number of fused-ring (bicyclic) bond motifs is 1. The van der Waals surface area contributed by atoms with E-state index in [-0.39, 0.29) is 10.8 Å². The van der Waals surface area contributed by atoms with Gasteiger partial charge in [-0.2, -0.15) is 4.98 Å². The molecule has 4 rings (SSSR count). The quantitative estimate of drug-likeness (QED) is 0.380. The average molecular weight is 481 g/mol. The van der Waals surface area contributed by atoms with Gasteiger partial charge in [0.1, 0.15) is 10.4 Å².